The normalized spacial score (nSPS) is 30.4. The van der Waals surface area contributed by atoms with Crippen LogP contribution in [0.4, 0.5) is 0 Å². The number of aliphatic hydroxyl groups excluding tert-OH is 10. The Morgan fingerprint density at radius 1 is 0.775 bits per heavy atom. The van der Waals surface area contributed by atoms with Gasteiger partial charge in [0.05, 0.1) is 85.1 Å². The average molecular weight is 1440 g/mol. The molecule has 3 amide bonds. The Labute approximate surface area is 607 Å². The van der Waals surface area contributed by atoms with E-state index < -0.39 is 161 Å². The summed E-state index contributed by atoms with van der Waals surface area (Å²) < 4.78 is 18.2. The SMILES string of the molecule is COC1/C=C/C=C/CC/C=C\C=C\C(=O)NC(C(O)C(=O)O)C(=O)OC(C(C)C(O)C(NC(=O)C(C)C(O)CCC(C)C(O)/C(C)=C/C(C)(C)C(O)C(CC(C)C)NC(=O)/C=C/C(C)(C)C(=O)C(C)C(O)C(C)C)C(C)O)C/C=C(\C)C(O)C(C)/C=C(/C)C(O)C(C)C(O)CC2CC(C)CC1O2. The van der Waals surface area contributed by atoms with Crippen LogP contribution in [0.25, 0.3) is 0 Å². The molecule has 1 fully saturated rings. The zero-order valence-corrected chi connectivity index (χ0v) is 64.5. The van der Waals surface area contributed by atoms with E-state index in [-0.39, 0.29) is 67.5 Å². The molecule has 2 aliphatic heterocycles. The lowest BCUT2D eigenvalue weighted by Gasteiger charge is -2.38. The van der Waals surface area contributed by atoms with E-state index in [0.717, 1.165) is 12.5 Å². The maximum absolute atomic E-state index is 14.2. The molecule has 0 saturated carbocycles. The van der Waals surface area contributed by atoms with Gasteiger partial charge in [0.1, 0.15) is 18.0 Å². The second kappa shape index (κ2) is 43.8. The van der Waals surface area contributed by atoms with Gasteiger partial charge in [-0.2, -0.15) is 0 Å². The number of hydrogen-bond acceptors (Lipinski definition) is 19. The number of allylic oxidation sites excluding steroid dienone is 7. The van der Waals surface area contributed by atoms with Crippen molar-refractivity contribution >= 4 is 35.4 Å². The fraction of sp³-hybridized carbons (Fsp3) is 0.722. The fourth-order valence-corrected chi connectivity index (χ4v) is 13.4. The van der Waals surface area contributed by atoms with Gasteiger partial charge in [0.2, 0.25) is 17.7 Å². The molecule has 23 nitrogen and oxygen atoms in total. The predicted molar refractivity (Wildman–Crippen MR) is 393 cm³/mol. The number of carboxylic acids is 1. The first-order chi connectivity index (χ1) is 47.3. The summed E-state index contributed by atoms with van der Waals surface area (Å²) in [6.45, 7) is 32.5. The Bertz CT molecular complexity index is 2890. The second-order valence-electron chi connectivity index (χ2n) is 31.3. The number of nitrogens with one attached hydrogen (secondary N) is 3. The van der Waals surface area contributed by atoms with Crippen molar-refractivity contribution in [3.05, 3.63) is 95.7 Å². The van der Waals surface area contributed by atoms with Crippen molar-refractivity contribution in [3.63, 3.8) is 0 Å². The number of amides is 3. The summed E-state index contributed by atoms with van der Waals surface area (Å²) in [6, 6.07) is -4.46. The molecule has 0 aromatic rings. The number of Topliss-reactive ketones (excluding diaryl/α,β-unsaturated/α-hetero) is 1. The number of aliphatic hydroxyl groups is 10. The maximum Gasteiger partial charge on any atom is 0.335 e. The zero-order chi connectivity index (χ0) is 78.0. The van der Waals surface area contributed by atoms with Crippen molar-refractivity contribution < 1.29 is 99.1 Å². The molecule has 1 saturated heterocycles. The minimum Gasteiger partial charge on any atom is -0.479 e. The van der Waals surface area contributed by atoms with Crippen molar-refractivity contribution in [1.82, 2.24) is 16.0 Å². The Balaban J connectivity index is 2.47. The van der Waals surface area contributed by atoms with Crippen LogP contribution in [0.3, 0.4) is 0 Å². The molecule has 2 rings (SSSR count). The number of fused-ring (bicyclic) bond motifs is 2. The van der Waals surface area contributed by atoms with Gasteiger partial charge in [0, 0.05) is 54.1 Å². The number of hydrogen-bond donors (Lipinski definition) is 14. The molecule has 582 valence electrons. The van der Waals surface area contributed by atoms with Gasteiger partial charge in [-0.1, -0.05) is 157 Å². The number of carbonyl (C=O) groups is 6. The first-order valence-electron chi connectivity index (χ1n) is 36.6. The summed E-state index contributed by atoms with van der Waals surface area (Å²) in [5, 5.41) is 132. The fourth-order valence-electron chi connectivity index (χ4n) is 13.4. The van der Waals surface area contributed by atoms with Crippen LogP contribution in [0.5, 0.6) is 0 Å². The van der Waals surface area contributed by atoms with Crippen LogP contribution in [0.15, 0.2) is 95.7 Å². The van der Waals surface area contributed by atoms with E-state index in [0.29, 0.717) is 42.4 Å². The van der Waals surface area contributed by atoms with Crippen molar-refractivity contribution in [2.24, 2.45) is 64.1 Å². The van der Waals surface area contributed by atoms with E-state index in [1.165, 1.54) is 45.1 Å². The number of cyclic esters (lactones) is 1. The van der Waals surface area contributed by atoms with Gasteiger partial charge in [-0.3, -0.25) is 19.2 Å². The zero-order valence-electron chi connectivity index (χ0n) is 64.5. The van der Waals surface area contributed by atoms with Crippen molar-refractivity contribution in [3.8, 4) is 0 Å². The molecule has 0 aliphatic carbocycles. The third-order valence-electron chi connectivity index (χ3n) is 20.4. The van der Waals surface area contributed by atoms with Crippen molar-refractivity contribution in [2.75, 3.05) is 7.11 Å². The summed E-state index contributed by atoms with van der Waals surface area (Å²) in [5.74, 6) is -10.6. The van der Waals surface area contributed by atoms with Crippen LogP contribution in [0.2, 0.25) is 0 Å². The van der Waals surface area contributed by atoms with Crippen LogP contribution >= 0.6 is 0 Å². The topological polar surface area (TPSA) is 389 Å². The Morgan fingerprint density at radius 2 is 1.38 bits per heavy atom. The molecule has 24 atom stereocenters. The number of aliphatic carboxylic acids is 1. The first-order valence-corrected chi connectivity index (χ1v) is 36.6. The molecule has 2 bridgehead atoms. The molecule has 23 heteroatoms. The third kappa shape index (κ3) is 29.8. The van der Waals surface area contributed by atoms with Gasteiger partial charge < -0.3 is 86.3 Å². The highest BCUT2D eigenvalue weighted by Crippen LogP contribution is 2.35. The molecule has 0 aromatic carbocycles. The lowest BCUT2D eigenvalue weighted by molar-refractivity contribution is -0.167. The van der Waals surface area contributed by atoms with E-state index in [4.69, 9.17) is 14.2 Å². The van der Waals surface area contributed by atoms with Gasteiger partial charge >= 0.3 is 11.9 Å². The number of esters is 1. The number of carboxylic acid groups (broad SMARTS) is 1. The highest BCUT2D eigenvalue weighted by atomic mass is 16.6. The third-order valence-corrected chi connectivity index (χ3v) is 20.4. The average Bonchev–Trinajstić information content (AvgIpc) is 0.843. The predicted octanol–water partition coefficient (Wildman–Crippen LogP) is 7.38. The number of ketones is 1. The quantitative estimate of drug-likeness (QED) is 0.0217. The summed E-state index contributed by atoms with van der Waals surface area (Å²) in [4.78, 5) is 80.6. The lowest BCUT2D eigenvalue weighted by atomic mass is 9.77. The summed E-state index contributed by atoms with van der Waals surface area (Å²) in [6.07, 6.45) is 8.19. The van der Waals surface area contributed by atoms with Crippen LogP contribution in [0.1, 0.15) is 189 Å². The second-order valence-corrected chi connectivity index (χ2v) is 31.3. The largest absolute Gasteiger partial charge is 0.479 e. The van der Waals surface area contributed by atoms with Crippen LogP contribution < -0.4 is 16.0 Å². The van der Waals surface area contributed by atoms with E-state index >= 15 is 0 Å². The van der Waals surface area contributed by atoms with E-state index in [1.807, 2.05) is 52.0 Å². The van der Waals surface area contributed by atoms with Crippen LogP contribution in [-0.4, -0.2) is 202 Å². The molecule has 102 heavy (non-hydrogen) atoms. The monoisotopic (exact) mass is 1440 g/mol. The smallest absolute Gasteiger partial charge is 0.335 e. The number of ether oxygens (including phenoxy) is 3. The minimum atomic E-state index is -2.53. The summed E-state index contributed by atoms with van der Waals surface area (Å²) in [5.41, 5.74) is -0.795. The van der Waals surface area contributed by atoms with Gasteiger partial charge in [-0.05, 0) is 139 Å². The molecular weight excluding hydrogens is 1310 g/mol. The molecule has 0 radical (unpaired) electrons. The van der Waals surface area contributed by atoms with Gasteiger partial charge in [-0.25, -0.2) is 9.59 Å². The van der Waals surface area contributed by atoms with E-state index in [1.54, 1.807) is 108 Å². The summed E-state index contributed by atoms with van der Waals surface area (Å²) >= 11 is 0. The molecule has 0 aromatic heterocycles. The maximum atomic E-state index is 14.2. The standard InChI is InChI=1S/C79H131N3O20/c1-43(2)37-57(80-64(87)35-36-78(16,17)73(94)54(14)67(88)44(3)4)74(95)79(18,19)42-50(10)69(90)46(6)31-33-58(84)52(12)75(96)82-65(55(15)83)71(92)53(13)60-34-32-47(7)68(89)48(8)40-49(9)70(91)51(11)59(85)41-56-38-45(5)39-62(101-56)61(100-20)29-27-25-23-21-22-24-26-28-30-63(86)81-66(77(99)102-60)72(93)76(97)98/h23-30,32,35-36,40,42-46,48,51-62,65-72,74,83-85,88-93,95H,21-22,31,33-34,37-39,41H2,1-20H3,(H,80,87)(H,81,86)(H,82,96)(H,97,98)/b25-23+,26-24-,29-27+,30-28+,36-35+,47-32+,49-40-,50-42+. The summed E-state index contributed by atoms with van der Waals surface area (Å²) in [7, 11) is 1.61. The molecular formula is C79H131N3O20. The number of carbonyl (C=O) groups excluding carboxylic acids is 5. The highest BCUT2D eigenvalue weighted by Gasteiger charge is 2.43. The Hall–Kier alpha value is -5.54. The van der Waals surface area contributed by atoms with E-state index in [2.05, 4.69) is 22.9 Å². The van der Waals surface area contributed by atoms with Gasteiger partial charge in [0.15, 0.2) is 12.1 Å². The van der Waals surface area contributed by atoms with Crippen LogP contribution in [-0.2, 0) is 43.0 Å². The highest BCUT2D eigenvalue weighted by molar-refractivity contribution is 5.94. The Morgan fingerprint density at radius 3 is 1.95 bits per heavy atom. The van der Waals surface area contributed by atoms with E-state index in [9.17, 15) is 84.9 Å². The number of methoxy groups -OCH3 is 1. The molecule has 2 aliphatic rings. The molecule has 24 unspecified atom stereocenters. The minimum absolute atomic E-state index is 0.00108. The first kappa shape index (κ1) is 92.5. The Kier molecular flexibility index (Phi) is 39.7. The van der Waals surface area contributed by atoms with Crippen molar-refractivity contribution in [2.45, 2.75) is 293 Å². The van der Waals surface area contributed by atoms with Crippen LogP contribution in [0, 0.1) is 64.1 Å². The van der Waals surface area contributed by atoms with Gasteiger partial charge in [0.25, 0.3) is 0 Å². The molecule has 14 N–H and O–H groups in total. The number of rotatable bonds is 27. The molecule has 2 heterocycles. The lowest BCUT2D eigenvalue weighted by Crippen LogP contribution is -2.57. The van der Waals surface area contributed by atoms with Crippen molar-refractivity contribution in [1.29, 1.82) is 0 Å². The molecule has 0 spiro atoms. The van der Waals surface area contributed by atoms with Gasteiger partial charge in [-0.15, -0.1) is 0 Å².